The van der Waals surface area contributed by atoms with Gasteiger partial charge in [0, 0.05) is 13.1 Å². The van der Waals surface area contributed by atoms with Crippen molar-refractivity contribution in [3.05, 3.63) is 16.8 Å². The predicted octanol–water partition coefficient (Wildman–Crippen LogP) is 1.10. The van der Waals surface area contributed by atoms with Crippen LogP contribution in [-0.4, -0.2) is 40.5 Å². The number of nitrogens with zero attached hydrogens (tertiary/aromatic N) is 3. The van der Waals surface area contributed by atoms with E-state index in [2.05, 4.69) is 15.1 Å². The zero-order chi connectivity index (χ0) is 13.6. The molecule has 2 aliphatic rings. The van der Waals surface area contributed by atoms with Crippen LogP contribution in [0.3, 0.4) is 0 Å². The maximum atomic E-state index is 5.88. The van der Waals surface area contributed by atoms with E-state index in [9.17, 15) is 0 Å². The van der Waals surface area contributed by atoms with Gasteiger partial charge in [0.15, 0.2) is 5.82 Å². The van der Waals surface area contributed by atoms with Gasteiger partial charge in [0.2, 0.25) is 0 Å². The summed E-state index contributed by atoms with van der Waals surface area (Å²) in [6, 6.07) is 0. The highest BCUT2D eigenvalue weighted by Crippen LogP contribution is 2.31. The number of hydrogen-bond acceptors (Lipinski definition) is 5. The Balaban J connectivity index is 2.00. The average Bonchev–Trinajstić information content (AvgIpc) is 2.71. The van der Waals surface area contributed by atoms with Gasteiger partial charge in [-0.25, -0.2) is 0 Å². The SMILES string of the molecule is Cc1nnc(N2CC3CCC(C2)O3)c(C(N)=S)c1C. The first-order valence-corrected chi connectivity index (χ1v) is 7.01. The molecule has 2 aliphatic heterocycles. The number of morpholine rings is 1. The molecule has 0 aliphatic carbocycles. The summed E-state index contributed by atoms with van der Waals surface area (Å²) in [4.78, 5) is 2.61. The van der Waals surface area contributed by atoms with Crippen molar-refractivity contribution < 1.29 is 4.74 Å². The highest BCUT2D eigenvalue weighted by atomic mass is 32.1. The molecule has 0 amide bonds. The lowest BCUT2D eigenvalue weighted by molar-refractivity contribution is 0.0301. The van der Waals surface area contributed by atoms with Crippen LogP contribution in [0.1, 0.15) is 29.7 Å². The molecular formula is C13H18N4OS. The highest BCUT2D eigenvalue weighted by molar-refractivity contribution is 7.80. The van der Waals surface area contributed by atoms with E-state index in [1.807, 2.05) is 13.8 Å². The number of aromatic nitrogens is 2. The molecule has 3 rings (SSSR count). The van der Waals surface area contributed by atoms with Gasteiger partial charge in [-0.2, -0.15) is 5.10 Å². The van der Waals surface area contributed by atoms with Crippen molar-refractivity contribution in [1.29, 1.82) is 0 Å². The van der Waals surface area contributed by atoms with Gasteiger partial charge in [-0.15, -0.1) is 5.10 Å². The topological polar surface area (TPSA) is 64.3 Å². The smallest absolute Gasteiger partial charge is 0.162 e. The minimum Gasteiger partial charge on any atom is -0.389 e. The fourth-order valence-electron chi connectivity index (χ4n) is 2.90. The quantitative estimate of drug-likeness (QED) is 0.817. The van der Waals surface area contributed by atoms with Crippen molar-refractivity contribution in [2.45, 2.75) is 38.9 Å². The minimum atomic E-state index is 0.307. The number of ether oxygens (including phenoxy) is 1. The van der Waals surface area contributed by atoms with Crippen molar-refractivity contribution in [1.82, 2.24) is 10.2 Å². The molecule has 0 aromatic carbocycles. The Morgan fingerprint density at radius 3 is 2.47 bits per heavy atom. The third-order valence-electron chi connectivity index (χ3n) is 4.03. The van der Waals surface area contributed by atoms with E-state index >= 15 is 0 Å². The number of hydrogen-bond donors (Lipinski definition) is 1. The molecule has 6 heteroatoms. The molecule has 0 spiro atoms. The molecule has 1 aromatic heterocycles. The third-order valence-corrected chi connectivity index (χ3v) is 4.23. The van der Waals surface area contributed by atoms with Crippen LogP contribution in [0.4, 0.5) is 5.82 Å². The standard InChI is InChI=1S/C13H18N4OS/c1-7-8(2)15-16-13(11(7)12(14)19)17-5-9-3-4-10(6-17)18-9/h9-10H,3-6H2,1-2H3,(H2,14,19). The second kappa shape index (κ2) is 4.68. The van der Waals surface area contributed by atoms with Gasteiger partial charge >= 0.3 is 0 Å². The fraction of sp³-hybridized carbons (Fsp3) is 0.615. The molecule has 2 fully saturated rings. The number of nitrogens with two attached hydrogens (primary N) is 1. The molecule has 102 valence electrons. The van der Waals surface area contributed by atoms with Crippen molar-refractivity contribution in [2.24, 2.45) is 5.73 Å². The van der Waals surface area contributed by atoms with E-state index in [0.717, 1.165) is 48.6 Å². The Hall–Kier alpha value is -1.27. The molecule has 2 saturated heterocycles. The van der Waals surface area contributed by atoms with Gasteiger partial charge in [-0.1, -0.05) is 12.2 Å². The maximum Gasteiger partial charge on any atom is 0.162 e. The van der Waals surface area contributed by atoms with Crippen LogP contribution in [-0.2, 0) is 4.74 Å². The zero-order valence-electron chi connectivity index (χ0n) is 11.2. The number of fused-ring (bicyclic) bond motifs is 2. The van der Waals surface area contributed by atoms with E-state index in [1.54, 1.807) is 0 Å². The van der Waals surface area contributed by atoms with Crippen molar-refractivity contribution in [3.8, 4) is 0 Å². The summed E-state index contributed by atoms with van der Waals surface area (Å²) >= 11 is 5.19. The monoisotopic (exact) mass is 278 g/mol. The van der Waals surface area contributed by atoms with Gasteiger partial charge in [-0.3, -0.25) is 0 Å². The second-order valence-corrected chi connectivity index (χ2v) is 5.78. The zero-order valence-corrected chi connectivity index (χ0v) is 12.0. The van der Waals surface area contributed by atoms with Crippen LogP contribution >= 0.6 is 12.2 Å². The van der Waals surface area contributed by atoms with Crippen LogP contribution in [0.25, 0.3) is 0 Å². The molecular weight excluding hydrogens is 260 g/mol. The summed E-state index contributed by atoms with van der Waals surface area (Å²) in [5.74, 6) is 0.816. The van der Waals surface area contributed by atoms with E-state index < -0.39 is 0 Å². The fourth-order valence-corrected chi connectivity index (χ4v) is 3.14. The normalized spacial score (nSPS) is 25.7. The first-order valence-electron chi connectivity index (χ1n) is 6.60. The Labute approximate surface area is 118 Å². The number of anilines is 1. The second-order valence-electron chi connectivity index (χ2n) is 5.34. The maximum absolute atomic E-state index is 5.88. The Morgan fingerprint density at radius 2 is 1.89 bits per heavy atom. The molecule has 2 bridgehead atoms. The number of thiocarbonyl (C=S) groups is 1. The molecule has 3 heterocycles. The summed E-state index contributed by atoms with van der Waals surface area (Å²) in [5.41, 5.74) is 8.65. The molecule has 0 saturated carbocycles. The van der Waals surface area contributed by atoms with Gasteiger partial charge in [-0.05, 0) is 32.3 Å². The Kier molecular flexibility index (Phi) is 3.14. The number of aryl methyl sites for hydroxylation is 1. The van der Waals surface area contributed by atoms with Crippen molar-refractivity contribution in [2.75, 3.05) is 18.0 Å². The predicted molar refractivity (Wildman–Crippen MR) is 77.5 cm³/mol. The van der Waals surface area contributed by atoms with Crippen molar-refractivity contribution >= 4 is 23.0 Å². The molecule has 2 unspecified atom stereocenters. The van der Waals surface area contributed by atoms with E-state index in [4.69, 9.17) is 22.7 Å². The average molecular weight is 278 g/mol. The van der Waals surface area contributed by atoms with Crippen LogP contribution in [0.15, 0.2) is 0 Å². The Morgan fingerprint density at radius 1 is 1.26 bits per heavy atom. The van der Waals surface area contributed by atoms with Crippen LogP contribution in [0.5, 0.6) is 0 Å². The summed E-state index contributed by atoms with van der Waals surface area (Å²) in [7, 11) is 0. The lowest BCUT2D eigenvalue weighted by Gasteiger charge is -2.34. The van der Waals surface area contributed by atoms with Gasteiger partial charge in [0.25, 0.3) is 0 Å². The minimum absolute atomic E-state index is 0.307. The summed E-state index contributed by atoms with van der Waals surface area (Å²) in [5, 5.41) is 8.55. The van der Waals surface area contributed by atoms with E-state index in [-0.39, 0.29) is 0 Å². The van der Waals surface area contributed by atoms with Gasteiger partial charge in [0.05, 0.1) is 23.5 Å². The third kappa shape index (κ3) is 2.19. The Bertz CT molecular complexity index is 522. The highest BCUT2D eigenvalue weighted by Gasteiger charge is 2.35. The lowest BCUT2D eigenvalue weighted by atomic mass is 10.1. The van der Waals surface area contributed by atoms with Crippen LogP contribution in [0, 0.1) is 13.8 Å². The first kappa shape index (κ1) is 12.7. The molecule has 2 N–H and O–H groups in total. The van der Waals surface area contributed by atoms with E-state index in [0.29, 0.717) is 17.2 Å². The molecule has 19 heavy (non-hydrogen) atoms. The van der Waals surface area contributed by atoms with Gasteiger partial charge in [0.1, 0.15) is 4.99 Å². The van der Waals surface area contributed by atoms with Crippen LogP contribution in [0.2, 0.25) is 0 Å². The molecule has 2 atom stereocenters. The van der Waals surface area contributed by atoms with Crippen LogP contribution < -0.4 is 10.6 Å². The molecule has 5 nitrogen and oxygen atoms in total. The van der Waals surface area contributed by atoms with Crippen molar-refractivity contribution in [3.63, 3.8) is 0 Å². The largest absolute Gasteiger partial charge is 0.389 e. The first-order chi connectivity index (χ1) is 9.06. The molecule has 1 aromatic rings. The summed E-state index contributed by atoms with van der Waals surface area (Å²) in [6.07, 6.45) is 2.87. The van der Waals surface area contributed by atoms with E-state index in [1.165, 1.54) is 0 Å². The summed E-state index contributed by atoms with van der Waals surface area (Å²) in [6.45, 7) is 5.63. The number of rotatable bonds is 2. The summed E-state index contributed by atoms with van der Waals surface area (Å²) < 4.78 is 5.85. The lowest BCUT2D eigenvalue weighted by Crippen LogP contribution is -2.44. The van der Waals surface area contributed by atoms with Gasteiger partial charge < -0.3 is 15.4 Å². The molecule has 0 radical (unpaired) electrons.